The Balaban J connectivity index is 2.22. The van der Waals surface area contributed by atoms with Gasteiger partial charge >= 0.3 is 0 Å². The Hall–Kier alpha value is -0.740. The van der Waals surface area contributed by atoms with Crippen LogP contribution in [0.2, 0.25) is 0 Å². The Labute approximate surface area is 112 Å². The normalized spacial score (nSPS) is 20.3. The quantitative estimate of drug-likeness (QED) is 0.851. The van der Waals surface area contributed by atoms with Crippen LogP contribution >= 0.6 is 15.9 Å². The van der Waals surface area contributed by atoms with E-state index in [4.69, 9.17) is 5.73 Å². The number of nitrogen functional groups attached to an aromatic ring is 1. The van der Waals surface area contributed by atoms with Crippen molar-refractivity contribution in [1.29, 1.82) is 0 Å². The van der Waals surface area contributed by atoms with Gasteiger partial charge < -0.3 is 15.5 Å². The number of hydrogen-bond donors (Lipinski definition) is 1. The van der Waals surface area contributed by atoms with E-state index in [1.165, 1.54) is 12.1 Å². The molecule has 2 N–H and O–H groups in total. The number of aryl methyl sites for hydroxylation is 1. The van der Waals surface area contributed by atoms with Crippen LogP contribution < -0.4 is 10.6 Å². The summed E-state index contributed by atoms with van der Waals surface area (Å²) in [6, 6.07) is 4.84. The van der Waals surface area contributed by atoms with Gasteiger partial charge in [-0.05, 0) is 61.1 Å². The van der Waals surface area contributed by atoms with Gasteiger partial charge in [0.2, 0.25) is 0 Å². The van der Waals surface area contributed by atoms with E-state index in [1.807, 2.05) is 6.07 Å². The molecule has 4 heteroatoms. The van der Waals surface area contributed by atoms with Crippen LogP contribution in [0.25, 0.3) is 0 Å². The second-order valence-electron chi connectivity index (χ2n) is 5.01. The molecule has 0 aromatic heterocycles. The smallest absolute Gasteiger partial charge is 0.0515 e. The predicted octanol–water partition coefficient (Wildman–Crippen LogP) is 2.48. The van der Waals surface area contributed by atoms with Crippen LogP contribution in [0.15, 0.2) is 16.6 Å². The molecule has 0 radical (unpaired) electrons. The summed E-state index contributed by atoms with van der Waals surface area (Å²) >= 11 is 3.61. The van der Waals surface area contributed by atoms with Crippen LogP contribution in [-0.2, 0) is 0 Å². The lowest BCUT2D eigenvalue weighted by molar-refractivity contribution is 0.315. The van der Waals surface area contributed by atoms with Gasteiger partial charge in [-0.2, -0.15) is 0 Å². The first kappa shape index (κ1) is 12.7. The van der Waals surface area contributed by atoms with Crippen molar-refractivity contribution in [3.05, 3.63) is 22.2 Å². The van der Waals surface area contributed by atoms with Crippen LogP contribution in [0, 0.1) is 6.92 Å². The number of rotatable bonds is 2. The molecule has 1 aliphatic rings. The summed E-state index contributed by atoms with van der Waals surface area (Å²) in [4.78, 5) is 4.74. The first-order chi connectivity index (χ1) is 7.99. The van der Waals surface area contributed by atoms with E-state index in [0.717, 1.165) is 28.8 Å². The molecule has 3 nitrogen and oxygen atoms in total. The van der Waals surface area contributed by atoms with Crippen molar-refractivity contribution in [2.24, 2.45) is 0 Å². The maximum Gasteiger partial charge on any atom is 0.0515 e. The minimum absolute atomic E-state index is 0.653. The van der Waals surface area contributed by atoms with Crippen molar-refractivity contribution >= 4 is 27.3 Å². The van der Waals surface area contributed by atoms with Gasteiger partial charge in [-0.1, -0.05) is 0 Å². The van der Waals surface area contributed by atoms with Crippen LogP contribution in [0.3, 0.4) is 0 Å². The van der Waals surface area contributed by atoms with Crippen molar-refractivity contribution < 1.29 is 0 Å². The molecule has 1 aromatic rings. The lowest BCUT2D eigenvalue weighted by atomic mass is 10.1. The third-order valence-electron chi connectivity index (χ3n) is 3.57. The van der Waals surface area contributed by atoms with Gasteiger partial charge in [-0.3, -0.25) is 0 Å². The summed E-state index contributed by atoms with van der Waals surface area (Å²) in [7, 11) is 4.30. The lowest BCUT2D eigenvalue weighted by Gasteiger charge is -2.23. The molecule has 2 rings (SSSR count). The van der Waals surface area contributed by atoms with Crippen molar-refractivity contribution in [1.82, 2.24) is 4.90 Å². The van der Waals surface area contributed by atoms with Gasteiger partial charge in [0.1, 0.15) is 0 Å². The molecule has 0 saturated carbocycles. The molecule has 1 unspecified atom stereocenters. The largest absolute Gasteiger partial charge is 0.398 e. The Morgan fingerprint density at radius 1 is 1.41 bits per heavy atom. The van der Waals surface area contributed by atoms with Gasteiger partial charge in [0.05, 0.1) is 5.69 Å². The minimum Gasteiger partial charge on any atom is -0.398 e. The molecule has 1 heterocycles. The van der Waals surface area contributed by atoms with Gasteiger partial charge in [0.15, 0.2) is 0 Å². The molecule has 1 aliphatic heterocycles. The summed E-state index contributed by atoms with van der Waals surface area (Å²) in [5.41, 5.74) is 9.17. The highest BCUT2D eigenvalue weighted by Crippen LogP contribution is 2.33. The average molecular weight is 298 g/mol. The van der Waals surface area contributed by atoms with E-state index < -0.39 is 0 Å². The summed E-state index contributed by atoms with van der Waals surface area (Å²) in [5.74, 6) is 0. The fraction of sp³-hybridized carbons (Fsp3) is 0.538. The third kappa shape index (κ3) is 2.58. The highest BCUT2D eigenvalue weighted by atomic mass is 79.9. The molecule has 0 spiro atoms. The SMILES string of the molecule is Cc1cc(N2CCC(N(C)C)C2)c(Br)cc1N. The Morgan fingerprint density at radius 2 is 2.12 bits per heavy atom. The number of benzene rings is 1. The fourth-order valence-corrected chi connectivity index (χ4v) is 2.92. The Bertz CT molecular complexity index is 417. The van der Waals surface area contributed by atoms with E-state index in [9.17, 15) is 0 Å². The van der Waals surface area contributed by atoms with Crippen molar-refractivity contribution in [2.75, 3.05) is 37.8 Å². The first-order valence-electron chi connectivity index (χ1n) is 5.96. The number of nitrogens with zero attached hydrogens (tertiary/aromatic N) is 2. The molecular weight excluding hydrogens is 278 g/mol. The molecule has 94 valence electrons. The molecule has 0 amide bonds. The second kappa shape index (κ2) is 4.86. The molecule has 0 aliphatic carbocycles. The van der Waals surface area contributed by atoms with Crippen LogP contribution in [0.1, 0.15) is 12.0 Å². The number of anilines is 2. The molecular formula is C13H20BrN3. The van der Waals surface area contributed by atoms with Gasteiger partial charge in [0, 0.05) is 29.3 Å². The minimum atomic E-state index is 0.653. The average Bonchev–Trinajstić information content (AvgIpc) is 2.72. The number of nitrogens with two attached hydrogens (primary N) is 1. The maximum atomic E-state index is 5.91. The van der Waals surface area contributed by atoms with E-state index in [0.29, 0.717) is 6.04 Å². The highest BCUT2D eigenvalue weighted by Gasteiger charge is 2.25. The second-order valence-corrected chi connectivity index (χ2v) is 5.87. The Kier molecular flexibility index (Phi) is 3.64. The first-order valence-corrected chi connectivity index (χ1v) is 6.75. The van der Waals surface area contributed by atoms with Gasteiger partial charge in [0.25, 0.3) is 0 Å². The zero-order valence-electron chi connectivity index (χ0n) is 10.7. The third-order valence-corrected chi connectivity index (χ3v) is 4.21. The van der Waals surface area contributed by atoms with E-state index in [-0.39, 0.29) is 0 Å². The summed E-state index contributed by atoms with van der Waals surface area (Å²) < 4.78 is 1.10. The van der Waals surface area contributed by atoms with E-state index >= 15 is 0 Å². The zero-order valence-corrected chi connectivity index (χ0v) is 12.3. The molecule has 17 heavy (non-hydrogen) atoms. The van der Waals surface area contributed by atoms with Gasteiger partial charge in [-0.25, -0.2) is 0 Å². The van der Waals surface area contributed by atoms with Crippen LogP contribution in [0.4, 0.5) is 11.4 Å². The lowest BCUT2D eigenvalue weighted by Crippen LogP contribution is -2.31. The zero-order chi connectivity index (χ0) is 12.6. The van der Waals surface area contributed by atoms with Crippen LogP contribution in [0.5, 0.6) is 0 Å². The highest BCUT2D eigenvalue weighted by molar-refractivity contribution is 9.10. The Morgan fingerprint density at radius 3 is 2.71 bits per heavy atom. The monoisotopic (exact) mass is 297 g/mol. The predicted molar refractivity (Wildman–Crippen MR) is 77.6 cm³/mol. The summed E-state index contributed by atoms with van der Waals surface area (Å²) in [5, 5.41) is 0. The molecule has 0 bridgehead atoms. The molecule has 1 saturated heterocycles. The molecule has 1 aromatic carbocycles. The molecule has 1 atom stereocenters. The van der Waals surface area contributed by atoms with E-state index in [2.05, 4.69) is 52.8 Å². The summed E-state index contributed by atoms with van der Waals surface area (Å²) in [6.45, 7) is 4.27. The van der Waals surface area contributed by atoms with Crippen molar-refractivity contribution in [3.63, 3.8) is 0 Å². The summed E-state index contributed by atoms with van der Waals surface area (Å²) in [6.07, 6.45) is 1.23. The number of likely N-dealkylation sites (N-methyl/N-ethyl adjacent to an activating group) is 1. The van der Waals surface area contributed by atoms with Gasteiger partial charge in [-0.15, -0.1) is 0 Å². The fourth-order valence-electron chi connectivity index (χ4n) is 2.31. The maximum absolute atomic E-state index is 5.91. The number of halogens is 1. The topological polar surface area (TPSA) is 32.5 Å². The van der Waals surface area contributed by atoms with Crippen LogP contribution in [-0.4, -0.2) is 38.1 Å². The van der Waals surface area contributed by atoms with Crippen molar-refractivity contribution in [2.45, 2.75) is 19.4 Å². The number of hydrogen-bond acceptors (Lipinski definition) is 3. The van der Waals surface area contributed by atoms with E-state index in [1.54, 1.807) is 0 Å². The standard InChI is InChI=1S/C13H20BrN3/c1-9-6-13(11(14)7-12(9)15)17-5-4-10(8-17)16(2)3/h6-7,10H,4-5,8,15H2,1-3H3. The van der Waals surface area contributed by atoms with Crippen molar-refractivity contribution in [3.8, 4) is 0 Å². The molecule has 1 fully saturated rings.